The summed E-state index contributed by atoms with van der Waals surface area (Å²) in [5, 5.41) is 0. The van der Waals surface area contributed by atoms with Gasteiger partial charge in [0.25, 0.3) is 0 Å². The Bertz CT molecular complexity index is 449. The second kappa shape index (κ2) is 3.33. The molecule has 0 fully saturated rings. The summed E-state index contributed by atoms with van der Waals surface area (Å²) < 4.78 is 4.96. The number of hydrogen-bond donors (Lipinski definition) is 1. The fourth-order valence-corrected chi connectivity index (χ4v) is 1.11. The van der Waals surface area contributed by atoms with Crippen LogP contribution >= 0.6 is 0 Å². The van der Waals surface area contributed by atoms with E-state index < -0.39 is 0 Å². The number of carbonyl (C=O) groups excluding carboxylic acids is 1. The first-order valence-corrected chi connectivity index (χ1v) is 4.08. The van der Waals surface area contributed by atoms with Gasteiger partial charge in [0.1, 0.15) is 11.5 Å². The topological polar surface area (TPSA) is 69.1 Å². The third-order valence-electron chi connectivity index (χ3n) is 1.75. The molecule has 0 aliphatic rings. The van der Waals surface area contributed by atoms with Gasteiger partial charge >= 0.3 is 0 Å². The molecule has 4 heteroatoms. The molecule has 2 rings (SSSR count). The minimum Gasteiger partial charge on any atom is -0.461 e. The standard InChI is InChI=1S/C10H8N2O2/c11-9-5-1-3-7(12-9)10(13)8-4-2-6-14-8/h1-6H,(H2,11,12). The van der Waals surface area contributed by atoms with Crippen molar-refractivity contribution in [1.29, 1.82) is 0 Å². The maximum absolute atomic E-state index is 11.6. The van der Waals surface area contributed by atoms with E-state index in [1.165, 1.54) is 6.26 Å². The fourth-order valence-electron chi connectivity index (χ4n) is 1.11. The number of nitrogens with zero attached hydrogens (tertiary/aromatic N) is 1. The van der Waals surface area contributed by atoms with E-state index in [9.17, 15) is 4.79 Å². The van der Waals surface area contributed by atoms with E-state index in [1.54, 1.807) is 30.3 Å². The molecule has 0 radical (unpaired) electrons. The molecule has 0 saturated carbocycles. The first-order chi connectivity index (χ1) is 6.77. The summed E-state index contributed by atoms with van der Waals surface area (Å²) in [6, 6.07) is 8.14. The minimum absolute atomic E-state index is 0.262. The SMILES string of the molecule is Nc1cccc(C(=O)c2ccco2)n1. The van der Waals surface area contributed by atoms with Crippen molar-refractivity contribution in [2.45, 2.75) is 0 Å². The lowest BCUT2D eigenvalue weighted by atomic mass is 10.2. The van der Waals surface area contributed by atoms with E-state index >= 15 is 0 Å². The Hall–Kier alpha value is -2.10. The number of nitrogen functional groups attached to an aromatic ring is 1. The van der Waals surface area contributed by atoms with Gasteiger partial charge in [0, 0.05) is 0 Å². The highest BCUT2D eigenvalue weighted by Crippen LogP contribution is 2.09. The summed E-state index contributed by atoms with van der Waals surface area (Å²) in [7, 11) is 0. The van der Waals surface area contributed by atoms with Gasteiger partial charge in [0.05, 0.1) is 6.26 Å². The van der Waals surface area contributed by atoms with Crippen LogP contribution < -0.4 is 5.73 Å². The predicted molar refractivity (Wildman–Crippen MR) is 50.8 cm³/mol. The maximum Gasteiger partial charge on any atom is 0.246 e. The van der Waals surface area contributed by atoms with E-state index in [0.29, 0.717) is 11.5 Å². The van der Waals surface area contributed by atoms with Crippen LogP contribution in [0.5, 0.6) is 0 Å². The van der Waals surface area contributed by atoms with E-state index in [-0.39, 0.29) is 11.5 Å². The van der Waals surface area contributed by atoms with Crippen LogP contribution in [0.25, 0.3) is 0 Å². The molecule has 0 amide bonds. The Balaban J connectivity index is 2.37. The molecule has 2 heterocycles. The molecule has 70 valence electrons. The van der Waals surface area contributed by atoms with Crippen molar-refractivity contribution >= 4 is 11.6 Å². The van der Waals surface area contributed by atoms with Gasteiger partial charge in [-0.2, -0.15) is 0 Å². The van der Waals surface area contributed by atoms with Crippen molar-refractivity contribution in [2.75, 3.05) is 5.73 Å². The quantitative estimate of drug-likeness (QED) is 0.725. The smallest absolute Gasteiger partial charge is 0.246 e. The molecule has 2 aromatic heterocycles. The largest absolute Gasteiger partial charge is 0.461 e. The lowest BCUT2D eigenvalue weighted by Gasteiger charge is -1.97. The second-order valence-electron chi connectivity index (χ2n) is 2.75. The number of pyridine rings is 1. The molecule has 2 aromatic rings. The molecule has 4 nitrogen and oxygen atoms in total. The van der Waals surface area contributed by atoms with Gasteiger partial charge in [0.2, 0.25) is 5.78 Å². The minimum atomic E-state index is -0.262. The van der Waals surface area contributed by atoms with Gasteiger partial charge in [-0.15, -0.1) is 0 Å². The number of hydrogen-bond acceptors (Lipinski definition) is 4. The number of anilines is 1. The molecule has 0 saturated heterocycles. The molecule has 0 spiro atoms. The van der Waals surface area contributed by atoms with E-state index in [0.717, 1.165) is 0 Å². The van der Waals surface area contributed by atoms with Crippen molar-refractivity contribution in [3.8, 4) is 0 Å². The Labute approximate surface area is 80.4 Å². The monoisotopic (exact) mass is 188 g/mol. The highest BCUT2D eigenvalue weighted by atomic mass is 16.3. The summed E-state index contributed by atoms with van der Waals surface area (Å²) in [5.74, 6) is 0.327. The van der Waals surface area contributed by atoms with E-state index in [1.807, 2.05) is 0 Å². The first kappa shape index (κ1) is 8.50. The number of nitrogens with two attached hydrogens (primary N) is 1. The average Bonchev–Trinajstić information content (AvgIpc) is 2.69. The zero-order valence-corrected chi connectivity index (χ0v) is 7.31. The summed E-state index contributed by atoms with van der Waals surface area (Å²) in [6.07, 6.45) is 1.44. The Morgan fingerprint density at radius 3 is 2.79 bits per heavy atom. The summed E-state index contributed by atoms with van der Waals surface area (Å²) in [5.41, 5.74) is 5.75. The number of furan rings is 1. The van der Waals surface area contributed by atoms with Gasteiger partial charge in [0.15, 0.2) is 5.76 Å². The van der Waals surface area contributed by atoms with Gasteiger partial charge in [-0.3, -0.25) is 4.79 Å². The molecular weight excluding hydrogens is 180 g/mol. The van der Waals surface area contributed by atoms with Crippen LogP contribution in [0.2, 0.25) is 0 Å². The van der Waals surface area contributed by atoms with Crippen molar-refractivity contribution in [3.63, 3.8) is 0 Å². The molecule has 2 N–H and O–H groups in total. The van der Waals surface area contributed by atoms with Crippen molar-refractivity contribution in [3.05, 3.63) is 48.0 Å². The van der Waals surface area contributed by atoms with Crippen LogP contribution in [0.4, 0.5) is 5.82 Å². The van der Waals surface area contributed by atoms with Gasteiger partial charge in [-0.25, -0.2) is 4.98 Å². The highest BCUT2D eigenvalue weighted by Gasteiger charge is 2.12. The summed E-state index contributed by atoms with van der Waals surface area (Å²) in [4.78, 5) is 15.5. The summed E-state index contributed by atoms with van der Waals surface area (Å²) in [6.45, 7) is 0. The van der Waals surface area contributed by atoms with E-state index in [4.69, 9.17) is 10.2 Å². The van der Waals surface area contributed by atoms with E-state index in [2.05, 4.69) is 4.98 Å². The highest BCUT2D eigenvalue weighted by molar-refractivity contribution is 6.05. The van der Waals surface area contributed by atoms with Gasteiger partial charge in [-0.1, -0.05) is 6.07 Å². The molecule has 0 bridgehead atoms. The Morgan fingerprint density at radius 1 is 1.29 bits per heavy atom. The number of rotatable bonds is 2. The third-order valence-corrected chi connectivity index (χ3v) is 1.75. The number of ketones is 1. The predicted octanol–water partition coefficient (Wildman–Crippen LogP) is 1.49. The molecule has 14 heavy (non-hydrogen) atoms. The van der Waals surface area contributed by atoms with Crippen LogP contribution in [0.3, 0.4) is 0 Å². The molecule has 0 unspecified atom stereocenters. The lowest BCUT2D eigenvalue weighted by molar-refractivity contribution is 0.100. The van der Waals surface area contributed by atoms with Crippen LogP contribution in [0, 0.1) is 0 Å². The Kier molecular flexibility index (Phi) is 2.02. The van der Waals surface area contributed by atoms with Crippen molar-refractivity contribution < 1.29 is 9.21 Å². The van der Waals surface area contributed by atoms with Gasteiger partial charge < -0.3 is 10.2 Å². The zero-order chi connectivity index (χ0) is 9.97. The van der Waals surface area contributed by atoms with Crippen LogP contribution in [0.15, 0.2) is 41.0 Å². The van der Waals surface area contributed by atoms with Crippen LogP contribution in [-0.4, -0.2) is 10.8 Å². The fraction of sp³-hybridized carbons (Fsp3) is 0. The maximum atomic E-state index is 11.6. The number of carbonyl (C=O) groups is 1. The zero-order valence-electron chi connectivity index (χ0n) is 7.31. The second-order valence-corrected chi connectivity index (χ2v) is 2.75. The lowest BCUT2D eigenvalue weighted by Crippen LogP contribution is -2.04. The Morgan fingerprint density at radius 2 is 2.14 bits per heavy atom. The molecular formula is C10H8N2O2. The van der Waals surface area contributed by atoms with Crippen LogP contribution in [0.1, 0.15) is 16.2 Å². The molecule has 0 aliphatic carbocycles. The summed E-state index contributed by atoms with van der Waals surface area (Å²) >= 11 is 0. The normalized spacial score (nSPS) is 10.0. The average molecular weight is 188 g/mol. The van der Waals surface area contributed by atoms with Crippen molar-refractivity contribution in [1.82, 2.24) is 4.98 Å². The molecule has 0 atom stereocenters. The van der Waals surface area contributed by atoms with Gasteiger partial charge in [-0.05, 0) is 24.3 Å². The first-order valence-electron chi connectivity index (χ1n) is 4.08. The van der Waals surface area contributed by atoms with Crippen molar-refractivity contribution in [2.24, 2.45) is 0 Å². The molecule has 0 aliphatic heterocycles. The third kappa shape index (κ3) is 1.50. The molecule has 0 aromatic carbocycles. The number of aromatic nitrogens is 1. The van der Waals surface area contributed by atoms with Crippen LogP contribution in [-0.2, 0) is 0 Å².